The summed E-state index contributed by atoms with van der Waals surface area (Å²) < 4.78 is 10.6. The van der Waals surface area contributed by atoms with Gasteiger partial charge in [0, 0.05) is 55.9 Å². The van der Waals surface area contributed by atoms with Crippen LogP contribution in [0.2, 0.25) is 0 Å². The van der Waals surface area contributed by atoms with Gasteiger partial charge in [-0.15, -0.1) is 0 Å². The molecule has 1 aliphatic heterocycles. The van der Waals surface area contributed by atoms with Crippen LogP contribution >= 0.6 is 0 Å². The molecule has 30 heavy (non-hydrogen) atoms. The van der Waals surface area contributed by atoms with Crippen molar-refractivity contribution in [3.05, 3.63) is 42.0 Å². The maximum Gasteiger partial charge on any atom is 0.409 e. The van der Waals surface area contributed by atoms with Gasteiger partial charge in [-0.3, -0.25) is 4.98 Å². The highest BCUT2D eigenvalue weighted by molar-refractivity contribution is 5.78. The number of ether oxygens (including phenoxy) is 1. The van der Waals surface area contributed by atoms with E-state index in [9.17, 15) is 4.79 Å². The lowest BCUT2D eigenvalue weighted by molar-refractivity contribution is 0.105. The van der Waals surface area contributed by atoms with Gasteiger partial charge in [-0.2, -0.15) is 0 Å². The van der Waals surface area contributed by atoms with Crippen molar-refractivity contribution >= 4 is 12.0 Å². The molecular weight excluding hydrogens is 384 g/mol. The van der Waals surface area contributed by atoms with Gasteiger partial charge in [0.25, 0.3) is 0 Å². The molecule has 0 aromatic carbocycles. The van der Waals surface area contributed by atoms with Gasteiger partial charge < -0.3 is 19.1 Å². The summed E-state index contributed by atoms with van der Waals surface area (Å²) >= 11 is 0. The normalized spacial score (nSPS) is 14.1. The van der Waals surface area contributed by atoms with E-state index in [0.29, 0.717) is 44.5 Å². The first-order valence-corrected chi connectivity index (χ1v) is 9.95. The van der Waals surface area contributed by atoms with Gasteiger partial charge in [0.1, 0.15) is 0 Å². The zero-order valence-corrected chi connectivity index (χ0v) is 17.3. The maximum absolute atomic E-state index is 11.9. The number of aromatic nitrogens is 4. The molecule has 1 saturated heterocycles. The number of carbonyl (C=O) groups excluding carboxylic acids is 1. The first-order valence-electron chi connectivity index (χ1n) is 9.95. The van der Waals surface area contributed by atoms with Crippen LogP contribution in [0.4, 0.5) is 10.7 Å². The van der Waals surface area contributed by atoms with Gasteiger partial charge in [-0.25, -0.2) is 14.8 Å². The molecule has 3 aromatic rings. The third-order valence-electron chi connectivity index (χ3n) is 4.94. The fourth-order valence-corrected chi connectivity index (χ4v) is 3.33. The molecule has 3 aromatic heterocycles. The second-order valence-electron chi connectivity index (χ2n) is 7.13. The van der Waals surface area contributed by atoms with Crippen LogP contribution in [-0.2, 0) is 4.74 Å². The molecule has 0 saturated carbocycles. The zero-order chi connectivity index (χ0) is 21.1. The van der Waals surface area contributed by atoms with Gasteiger partial charge in [0.2, 0.25) is 5.95 Å². The van der Waals surface area contributed by atoms with Crippen LogP contribution < -0.4 is 4.90 Å². The highest BCUT2D eigenvalue weighted by atomic mass is 16.6. The van der Waals surface area contributed by atoms with E-state index in [1.807, 2.05) is 32.0 Å². The van der Waals surface area contributed by atoms with Crippen LogP contribution in [0.25, 0.3) is 22.6 Å². The van der Waals surface area contributed by atoms with Crippen LogP contribution in [0.15, 0.2) is 35.1 Å². The molecule has 0 spiro atoms. The second kappa shape index (κ2) is 8.48. The Kier molecular flexibility index (Phi) is 5.60. The van der Waals surface area contributed by atoms with Crippen molar-refractivity contribution in [3.8, 4) is 22.6 Å². The fraction of sp³-hybridized carbons (Fsp3) is 0.381. The SMILES string of the molecule is CCOC(=O)N1CCN(c2ncc(-c3cc(C)no3)c(-c3ccc(C)nc3)n2)CC1. The van der Waals surface area contributed by atoms with Crippen molar-refractivity contribution in [1.82, 2.24) is 25.0 Å². The first kappa shape index (κ1) is 19.8. The molecule has 0 aliphatic carbocycles. The minimum absolute atomic E-state index is 0.277. The lowest BCUT2D eigenvalue weighted by Gasteiger charge is -2.34. The van der Waals surface area contributed by atoms with Crippen LogP contribution in [0.5, 0.6) is 0 Å². The molecule has 9 nitrogen and oxygen atoms in total. The topological polar surface area (TPSA) is 97.5 Å². The Bertz CT molecular complexity index is 1030. The number of hydrogen-bond acceptors (Lipinski definition) is 8. The number of anilines is 1. The molecule has 0 atom stereocenters. The molecule has 0 unspecified atom stereocenters. The van der Waals surface area contributed by atoms with E-state index in [4.69, 9.17) is 14.2 Å². The summed E-state index contributed by atoms with van der Waals surface area (Å²) in [5.74, 6) is 1.22. The van der Waals surface area contributed by atoms with Crippen molar-refractivity contribution < 1.29 is 14.1 Å². The van der Waals surface area contributed by atoms with Crippen molar-refractivity contribution in [2.45, 2.75) is 20.8 Å². The molecule has 0 bridgehead atoms. The number of rotatable bonds is 4. The Morgan fingerprint density at radius 1 is 1.10 bits per heavy atom. The summed E-state index contributed by atoms with van der Waals surface area (Å²) in [6.07, 6.45) is 3.28. The van der Waals surface area contributed by atoms with E-state index in [2.05, 4.69) is 20.0 Å². The Morgan fingerprint density at radius 2 is 1.90 bits per heavy atom. The lowest BCUT2D eigenvalue weighted by atomic mass is 10.1. The largest absolute Gasteiger partial charge is 0.450 e. The monoisotopic (exact) mass is 408 g/mol. The van der Waals surface area contributed by atoms with Crippen LogP contribution in [0.1, 0.15) is 18.3 Å². The average Bonchev–Trinajstić information content (AvgIpc) is 3.20. The Hall–Kier alpha value is -3.49. The van der Waals surface area contributed by atoms with Gasteiger partial charge in [0.15, 0.2) is 5.76 Å². The van der Waals surface area contributed by atoms with Crippen LogP contribution in [-0.4, -0.2) is 63.9 Å². The Morgan fingerprint density at radius 3 is 2.53 bits per heavy atom. The smallest absolute Gasteiger partial charge is 0.409 e. The highest BCUT2D eigenvalue weighted by Gasteiger charge is 2.25. The number of amides is 1. The third kappa shape index (κ3) is 4.10. The van der Waals surface area contributed by atoms with E-state index >= 15 is 0 Å². The predicted molar refractivity (Wildman–Crippen MR) is 111 cm³/mol. The molecule has 9 heteroatoms. The van der Waals surface area contributed by atoms with Gasteiger partial charge in [-0.05, 0) is 32.9 Å². The number of aryl methyl sites for hydroxylation is 2. The molecule has 0 N–H and O–H groups in total. The number of piperazine rings is 1. The lowest BCUT2D eigenvalue weighted by Crippen LogP contribution is -2.49. The summed E-state index contributed by atoms with van der Waals surface area (Å²) in [6.45, 7) is 8.38. The van der Waals surface area contributed by atoms with Crippen molar-refractivity contribution in [3.63, 3.8) is 0 Å². The molecule has 1 fully saturated rings. The van der Waals surface area contributed by atoms with Crippen molar-refractivity contribution in [2.24, 2.45) is 0 Å². The van der Waals surface area contributed by atoms with Gasteiger partial charge in [-0.1, -0.05) is 5.16 Å². The van der Waals surface area contributed by atoms with Gasteiger partial charge in [0.05, 0.1) is 23.6 Å². The molecule has 1 aliphatic rings. The molecular formula is C21H24N6O3. The van der Waals surface area contributed by atoms with E-state index in [0.717, 1.165) is 28.2 Å². The maximum atomic E-state index is 11.9. The minimum Gasteiger partial charge on any atom is -0.450 e. The number of carbonyl (C=O) groups is 1. The molecule has 0 radical (unpaired) electrons. The summed E-state index contributed by atoms with van der Waals surface area (Å²) in [4.78, 5) is 29.5. The van der Waals surface area contributed by atoms with Gasteiger partial charge >= 0.3 is 6.09 Å². The number of pyridine rings is 1. The van der Waals surface area contributed by atoms with E-state index in [-0.39, 0.29) is 6.09 Å². The quantitative estimate of drug-likeness (QED) is 0.650. The summed E-state index contributed by atoms with van der Waals surface area (Å²) in [5.41, 5.74) is 4.09. The molecule has 4 heterocycles. The molecule has 4 rings (SSSR count). The predicted octanol–water partition coefficient (Wildman–Crippen LogP) is 3.09. The second-order valence-corrected chi connectivity index (χ2v) is 7.13. The van der Waals surface area contributed by atoms with E-state index in [1.54, 1.807) is 24.2 Å². The first-order chi connectivity index (χ1) is 14.5. The van der Waals surface area contributed by atoms with E-state index in [1.165, 1.54) is 0 Å². The highest BCUT2D eigenvalue weighted by Crippen LogP contribution is 2.31. The Balaban J connectivity index is 1.63. The zero-order valence-electron chi connectivity index (χ0n) is 17.3. The number of hydrogen-bond donors (Lipinski definition) is 0. The Labute approximate surface area is 174 Å². The van der Waals surface area contributed by atoms with Crippen molar-refractivity contribution in [2.75, 3.05) is 37.7 Å². The van der Waals surface area contributed by atoms with Crippen LogP contribution in [0, 0.1) is 13.8 Å². The minimum atomic E-state index is -0.277. The van der Waals surface area contributed by atoms with Crippen LogP contribution in [0.3, 0.4) is 0 Å². The van der Waals surface area contributed by atoms with E-state index < -0.39 is 0 Å². The average molecular weight is 408 g/mol. The van der Waals surface area contributed by atoms with Crippen molar-refractivity contribution in [1.29, 1.82) is 0 Å². The number of nitrogens with zero attached hydrogens (tertiary/aromatic N) is 6. The standard InChI is InChI=1S/C21H24N6O3/c1-4-29-21(28)27-9-7-26(8-10-27)20-23-13-17(18-11-15(3)25-30-18)19(24-20)16-6-5-14(2)22-12-16/h5-6,11-13H,4,7-10H2,1-3H3. The molecule has 1 amide bonds. The molecule has 156 valence electrons. The summed E-state index contributed by atoms with van der Waals surface area (Å²) in [7, 11) is 0. The summed E-state index contributed by atoms with van der Waals surface area (Å²) in [6, 6.07) is 5.80. The summed E-state index contributed by atoms with van der Waals surface area (Å²) in [5, 5.41) is 3.99. The fourth-order valence-electron chi connectivity index (χ4n) is 3.33. The third-order valence-corrected chi connectivity index (χ3v) is 4.94.